The van der Waals surface area contributed by atoms with Crippen molar-refractivity contribution in [2.45, 2.75) is 31.3 Å². The quantitative estimate of drug-likeness (QED) is 0.792. The summed E-state index contributed by atoms with van der Waals surface area (Å²) in [7, 11) is 0. The van der Waals surface area contributed by atoms with E-state index in [1.165, 1.54) is 6.07 Å². The number of nitrogens with two attached hydrogens (primary N) is 1. The van der Waals surface area contributed by atoms with Crippen molar-refractivity contribution in [1.82, 2.24) is 9.97 Å². The first-order valence-corrected chi connectivity index (χ1v) is 5.64. The molecule has 1 heterocycles. The molecule has 0 fully saturated rings. The molecule has 0 saturated heterocycles. The molecule has 4 nitrogen and oxygen atoms in total. The first-order valence-electron chi connectivity index (χ1n) is 4.59. The number of nitrogens with one attached hydrogen (secondary N) is 1. The minimum Gasteiger partial charge on any atom is -0.383 e. The molecular weight excluding hydrogens is 198 g/mol. The van der Waals surface area contributed by atoms with Crippen LogP contribution in [-0.2, 0) is 5.75 Å². The minimum absolute atomic E-state index is 0.183. The monoisotopic (exact) mass is 213 g/mol. The lowest BCUT2D eigenvalue weighted by Gasteiger charge is -2.07. The van der Waals surface area contributed by atoms with Gasteiger partial charge in [-0.3, -0.25) is 4.79 Å². The first-order chi connectivity index (χ1) is 6.61. The number of H-pyrrole nitrogens is 1. The Kier molecular flexibility index (Phi) is 4.00. The van der Waals surface area contributed by atoms with Crippen molar-refractivity contribution >= 4 is 17.6 Å². The van der Waals surface area contributed by atoms with Crippen LogP contribution in [-0.4, -0.2) is 15.2 Å². The second-order valence-electron chi connectivity index (χ2n) is 3.15. The molecule has 3 N–H and O–H groups in total. The van der Waals surface area contributed by atoms with Gasteiger partial charge in [-0.25, -0.2) is 4.98 Å². The molecule has 1 atom stereocenters. The maximum Gasteiger partial charge on any atom is 0.252 e. The Balaban J connectivity index is 2.63. The van der Waals surface area contributed by atoms with Gasteiger partial charge in [0.1, 0.15) is 11.6 Å². The molecule has 0 radical (unpaired) electrons. The van der Waals surface area contributed by atoms with Crippen LogP contribution in [0.25, 0.3) is 0 Å². The molecule has 0 aliphatic rings. The second kappa shape index (κ2) is 5.05. The lowest BCUT2D eigenvalue weighted by Crippen LogP contribution is -2.12. The predicted octanol–water partition coefficient (Wildman–Crippen LogP) is 1.38. The Morgan fingerprint density at radius 2 is 2.43 bits per heavy atom. The van der Waals surface area contributed by atoms with Gasteiger partial charge in [0, 0.05) is 11.3 Å². The van der Waals surface area contributed by atoms with Crippen LogP contribution in [0.2, 0.25) is 0 Å². The fourth-order valence-electron chi connectivity index (χ4n) is 0.936. The van der Waals surface area contributed by atoms with E-state index in [1.54, 1.807) is 11.8 Å². The van der Waals surface area contributed by atoms with Gasteiger partial charge in [0.25, 0.3) is 5.56 Å². The summed E-state index contributed by atoms with van der Waals surface area (Å²) in [4.78, 5) is 17.7. The average Bonchev–Trinajstić information content (AvgIpc) is 2.12. The van der Waals surface area contributed by atoms with Crippen LogP contribution in [0.4, 0.5) is 5.82 Å². The molecule has 1 rings (SSSR count). The highest BCUT2D eigenvalue weighted by molar-refractivity contribution is 7.99. The van der Waals surface area contributed by atoms with E-state index in [0.29, 0.717) is 16.8 Å². The third-order valence-corrected chi connectivity index (χ3v) is 3.23. The summed E-state index contributed by atoms with van der Waals surface area (Å²) < 4.78 is 0. The summed E-state index contributed by atoms with van der Waals surface area (Å²) in [5, 5.41) is 0.571. The van der Waals surface area contributed by atoms with Crippen LogP contribution >= 0.6 is 11.8 Å². The van der Waals surface area contributed by atoms with Crippen LogP contribution < -0.4 is 11.3 Å². The van der Waals surface area contributed by atoms with Crippen molar-refractivity contribution < 1.29 is 0 Å². The van der Waals surface area contributed by atoms with E-state index in [4.69, 9.17) is 5.73 Å². The summed E-state index contributed by atoms with van der Waals surface area (Å²) in [6, 6.07) is 1.29. The maximum atomic E-state index is 11.0. The number of nitrogens with zero attached hydrogens (tertiary/aromatic N) is 1. The van der Waals surface area contributed by atoms with Gasteiger partial charge < -0.3 is 10.7 Å². The van der Waals surface area contributed by atoms with E-state index >= 15 is 0 Å². The topological polar surface area (TPSA) is 71.8 Å². The molecule has 14 heavy (non-hydrogen) atoms. The zero-order valence-electron chi connectivity index (χ0n) is 8.41. The van der Waals surface area contributed by atoms with Gasteiger partial charge in [0.05, 0.1) is 5.75 Å². The molecule has 1 aromatic heterocycles. The molecule has 1 aromatic rings. The number of hydrogen-bond acceptors (Lipinski definition) is 4. The molecular formula is C9H15N3OS. The van der Waals surface area contributed by atoms with Gasteiger partial charge in [-0.05, 0) is 6.42 Å². The maximum absolute atomic E-state index is 11.0. The number of nitrogen functional groups attached to an aromatic ring is 1. The molecule has 0 bridgehead atoms. The number of hydrogen-bond donors (Lipinski definition) is 2. The van der Waals surface area contributed by atoms with Crippen LogP contribution in [0.5, 0.6) is 0 Å². The summed E-state index contributed by atoms with van der Waals surface area (Å²) in [6.45, 7) is 4.28. The predicted molar refractivity (Wildman–Crippen MR) is 60.3 cm³/mol. The Morgan fingerprint density at radius 1 is 1.71 bits per heavy atom. The molecule has 0 spiro atoms. The minimum atomic E-state index is -0.183. The molecule has 78 valence electrons. The first kappa shape index (κ1) is 11.1. The van der Waals surface area contributed by atoms with E-state index in [2.05, 4.69) is 23.8 Å². The molecule has 1 unspecified atom stereocenters. The third kappa shape index (κ3) is 3.41. The number of rotatable bonds is 4. The van der Waals surface area contributed by atoms with E-state index in [9.17, 15) is 4.79 Å². The van der Waals surface area contributed by atoms with Gasteiger partial charge in [0.15, 0.2) is 0 Å². The van der Waals surface area contributed by atoms with Crippen molar-refractivity contribution in [2.75, 3.05) is 5.73 Å². The fourth-order valence-corrected chi connectivity index (χ4v) is 1.75. The molecule has 5 heteroatoms. The van der Waals surface area contributed by atoms with Crippen LogP contribution in [0.15, 0.2) is 10.9 Å². The lowest BCUT2D eigenvalue weighted by molar-refractivity contribution is 0.900. The summed E-state index contributed by atoms with van der Waals surface area (Å²) in [6.07, 6.45) is 1.11. The van der Waals surface area contributed by atoms with Gasteiger partial charge in [-0.2, -0.15) is 11.8 Å². The normalized spacial score (nSPS) is 12.7. The summed E-state index contributed by atoms with van der Waals surface area (Å²) >= 11 is 1.76. The number of aromatic amines is 1. The summed E-state index contributed by atoms with van der Waals surface area (Å²) in [5.41, 5.74) is 5.27. The van der Waals surface area contributed by atoms with Gasteiger partial charge >= 0.3 is 0 Å². The zero-order valence-corrected chi connectivity index (χ0v) is 9.23. The fraction of sp³-hybridized carbons (Fsp3) is 0.556. The highest BCUT2D eigenvalue weighted by atomic mass is 32.2. The highest BCUT2D eigenvalue weighted by Gasteiger charge is 2.02. The summed E-state index contributed by atoms with van der Waals surface area (Å²) in [5.74, 6) is 1.64. The Hall–Kier alpha value is -0.970. The van der Waals surface area contributed by atoms with Crippen LogP contribution in [0, 0.1) is 0 Å². The molecule has 0 amide bonds. The van der Waals surface area contributed by atoms with E-state index in [-0.39, 0.29) is 11.4 Å². The van der Waals surface area contributed by atoms with Crippen molar-refractivity contribution in [3.63, 3.8) is 0 Å². The Labute approximate surface area is 87.3 Å². The third-order valence-electron chi connectivity index (χ3n) is 1.89. The standard InChI is InChI=1S/C9H15N3OS/c1-3-6(2)14-5-8-11-7(10)4-9(13)12-8/h4,6H,3,5H2,1-2H3,(H3,10,11,12,13). The van der Waals surface area contributed by atoms with Gasteiger partial charge in [0.2, 0.25) is 0 Å². The number of thioether (sulfide) groups is 1. The average molecular weight is 213 g/mol. The number of anilines is 1. The second-order valence-corrected chi connectivity index (χ2v) is 4.57. The van der Waals surface area contributed by atoms with E-state index in [0.717, 1.165) is 6.42 Å². The van der Waals surface area contributed by atoms with E-state index < -0.39 is 0 Å². The SMILES string of the molecule is CCC(C)SCc1nc(N)cc(=O)[nH]1. The Bertz CT molecular complexity index is 350. The Morgan fingerprint density at radius 3 is 3.00 bits per heavy atom. The van der Waals surface area contributed by atoms with Crippen LogP contribution in [0.3, 0.4) is 0 Å². The molecule has 0 aromatic carbocycles. The largest absolute Gasteiger partial charge is 0.383 e. The number of aromatic nitrogens is 2. The molecule has 0 aliphatic carbocycles. The van der Waals surface area contributed by atoms with Gasteiger partial charge in [-0.1, -0.05) is 13.8 Å². The van der Waals surface area contributed by atoms with Crippen molar-refractivity contribution in [3.05, 3.63) is 22.2 Å². The highest BCUT2D eigenvalue weighted by Crippen LogP contribution is 2.17. The smallest absolute Gasteiger partial charge is 0.252 e. The van der Waals surface area contributed by atoms with Crippen molar-refractivity contribution in [1.29, 1.82) is 0 Å². The zero-order chi connectivity index (χ0) is 10.6. The molecule has 0 saturated carbocycles. The molecule has 0 aliphatic heterocycles. The van der Waals surface area contributed by atoms with Crippen molar-refractivity contribution in [3.8, 4) is 0 Å². The van der Waals surface area contributed by atoms with Crippen LogP contribution in [0.1, 0.15) is 26.1 Å². The van der Waals surface area contributed by atoms with Crippen molar-refractivity contribution in [2.24, 2.45) is 0 Å². The van der Waals surface area contributed by atoms with E-state index in [1.807, 2.05) is 0 Å². The van der Waals surface area contributed by atoms with Gasteiger partial charge in [-0.15, -0.1) is 0 Å². The lowest BCUT2D eigenvalue weighted by atomic mass is 10.4.